The molecule has 8 heteroatoms. The Morgan fingerprint density at radius 1 is 1.18 bits per heavy atom. The Kier molecular flexibility index (Phi) is 4.02. The Morgan fingerprint density at radius 2 is 1.76 bits per heavy atom. The maximum atomic E-state index is 11.4. The van der Waals surface area contributed by atoms with Crippen LogP contribution in [0.15, 0.2) is 0 Å². The molecular formula is C9H16N6O2. The lowest BCUT2D eigenvalue weighted by Gasteiger charge is -2.17. The highest BCUT2D eigenvalue weighted by Crippen LogP contribution is 2.14. The second-order valence-electron chi connectivity index (χ2n) is 3.43. The average molecular weight is 240 g/mol. The number of ether oxygens (including phenoxy) is 1. The number of rotatable bonds is 3. The fourth-order valence-corrected chi connectivity index (χ4v) is 1.03. The van der Waals surface area contributed by atoms with Crippen molar-refractivity contribution in [3.05, 3.63) is 0 Å². The Hall–Kier alpha value is -2.12. The number of amides is 1. The first-order valence-corrected chi connectivity index (χ1v) is 4.92. The number of nitrogens with zero attached hydrogens (tertiary/aromatic N) is 5. The quantitative estimate of drug-likeness (QED) is 0.806. The highest BCUT2D eigenvalue weighted by atomic mass is 16.5. The van der Waals surface area contributed by atoms with Gasteiger partial charge in [-0.1, -0.05) is 0 Å². The van der Waals surface area contributed by atoms with Crippen molar-refractivity contribution in [2.75, 3.05) is 50.4 Å². The SMILES string of the molecule is CNc1nc(N(C)C)nc(N(C)C(=O)OC)n1. The average Bonchev–Trinajstić information content (AvgIpc) is 2.36. The van der Waals surface area contributed by atoms with E-state index in [9.17, 15) is 4.79 Å². The lowest BCUT2D eigenvalue weighted by molar-refractivity contribution is 0.180. The van der Waals surface area contributed by atoms with Gasteiger partial charge in [0.05, 0.1) is 7.11 Å². The van der Waals surface area contributed by atoms with Crippen molar-refractivity contribution in [2.45, 2.75) is 0 Å². The van der Waals surface area contributed by atoms with Crippen molar-refractivity contribution < 1.29 is 9.53 Å². The van der Waals surface area contributed by atoms with Crippen LogP contribution in [0.4, 0.5) is 22.6 Å². The third-order valence-corrected chi connectivity index (χ3v) is 1.98. The van der Waals surface area contributed by atoms with Gasteiger partial charge in [-0.3, -0.25) is 0 Å². The fourth-order valence-electron chi connectivity index (χ4n) is 1.03. The second-order valence-corrected chi connectivity index (χ2v) is 3.43. The Bertz CT molecular complexity index is 408. The zero-order chi connectivity index (χ0) is 13.0. The molecule has 94 valence electrons. The molecular weight excluding hydrogens is 224 g/mol. The van der Waals surface area contributed by atoms with Gasteiger partial charge in [0.25, 0.3) is 0 Å². The Morgan fingerprint density at radius 3 is 2.24 bits per heavy atom. The molecule has 8 nitrogen and oxygen atoms in total. The van der Waals surface area contributed by atoms with Gasteiger partial charge >= 0.3 is 6.09 Å². The number of carbonyl (C=O) groups excluding carboxylic acids is 1. The predicted molar refractivity (Wildman–Crippen MR) is 64.5 cm³/mol. The standard InChI is InChI=1S/C9H16N6O2/c1-10-6-11-7(14(2)3)13-8(12-6)15(4)9(16)17-5/h1-5H3,(H,10,11,12,13). The van der Waals surface area contributed by atoms with Crippen molar-refractivity contribution in [1.82, 2.24) is 15.0 Å². The summed E-state index contributed by atoms with van der Waals surface area (Å²) in [6.45, 7) is 0. The number of hydrogen-bond donors (Lipinski definition) is 1. The molecule has 0 radical (unpaired) electrons. The summed E-state index contributed by atoms with van der Waals surface area (Å²) in [7, 11) is 8.12. The number of anilines is 3. The van der Waals surface area contributed by atoms with Crippen LogP contribution in [0.2, 0.25) is 0 Å². The molecule has 0 bridgehead atoms. The van der Waals surface area contributed by atoms with Crippen molar-refractivity contribution in [1.29, 1.82) is 0 Å². The van der Waals surface area contributed by atoms with Gasteiger partial charge in [0.15, 0.2) is 0 Å². The molecule has 0 spiro atoms. The smallest absolute Gasteiger partial charge is 0.416 e. The minimum absolute atomic E-state index is 0.222. The largest absolute Gasteiger partial charge is 0.452 e. The lowest BCUT2D eigenvalue weighted by Crippen LogP contribution is -2.29. The molecule has 0 aliphatic rings. The molecule has 17 heavy (non-hydrogen) atoms. The van der Waals surface area contributed by atoms with Crippen LogP contribution in [-0.4, -0.2) is 56.3 Å². The van der Waals surface area contributed by atoms with Gasteiger partial charge in [0.2, 0.25) is 17.8 Å². The topological polar surface area (TPSA) is 83.5 Å². The highest BCUT2D eigenvalue weighted by molar-refractivity contribution is 5.84. The summed E-state index contributed by atoms with van der Waals surface area (Å²) in [5.74, 6) is 1.06. The maximum Gasteiger partial charge on any atom is 0.416 e. The van der Waals surface area contributed by atoms with Crippen LogP contribution < -0.4 is 15.1 Å². The summed E-state index contributed by atoms with van der Waals surface area (Å²) in [5, 5.41) is 2.81. The van der Waals surface area contributed by atoms with Crippen LogP contribution in [0.3, 0.4) is 0 Å². The molecule has 1 N–H and O–H groups in total. The molecule has 0 aliphatic carbocycles. The lowest BCUT2D eigenvalue weighted by atomic mass is 10.7. The van der Waals surface area contributed by atoms with Crippen LogP contribution >= 0.6 is 0 Å². The van der Waals surface area contributed by atoms with Crippen molar-refractivity contribution in [3.63, 3.8) is 0 Å². The zero-order valence-electron chi connectivity index (χ0n) is 10.6. The first-order chi connectivity index (χ1) is 7.99. The van der Waals surface area contributed by atoms with Crippen LogP contribution in [0.25, 0.3) is 0 Å². The summed E-state index contributed by atoms with van der Waals surface area (Å²) in [5.41, 5.74) is 0. The summed E-state index contributed by atoms with van der Waals surface area (Å²) in [6, 6.07) is 0. The van der Waals surface area contributed by atoms with E-state index in [1.54, 1.807) is 26.0 Å². The monoisotopic (exact) mass is 240 g/mol. The minimum atomic E-state index is -0.539. The van der Waals surface area contributed by atoms with Crippen molar-refractivity contribution in [3.8, 4) is 0 Å². The molecule has 0 saturated carbocycles. The molecule has 1 heterocycles. The van der Waals surface area contributed by atoms with E-state index in [1.165, 1.54) is 19.1 Å². The van der Waals surface area contributed by atoms with Gasteiger partial charge in [-0.05, 0) is 0 Å². The third-order valence-electron chi connectivity index (χ3n) is 1.98. The minimum Gasteiger partial charge on any atom is -0.452 e. The number of methoxy groups -OCH3 is 1. The molecule has 0 saturated heterocycles. The van der Waals surface area contributed by atoms with E-state index < -0.39 is 6.09 Å². The van der Waals surface area contributed by atoms with Crippen LogP contribution in [-0.2, 0) is 4.74 Å². The first-order valence-electron chi connectivity index (χ1n) is 4.92. The molecule has 0 fully saturated rings. The molecule has 1 aromatic rings. The normalized spacial score (nSPS) is 9.71. The first kappa shape index (κ1) is 12.9. The number of nitrogens with one attached hydrogen (secondary N) is 1. The Balaban J connectivity index is 3.14. The summed E-state index contributed by atoms with van der Waals surface area (Å²) in [4.78, 5) is 26.6. The number of carbonyl (C=O) groups is 1. The summed E-state index contributed by atoms with van der Waals surface area (Å²) < 4.78 is 4.59. The maximum absolute atomic E-state index is 11.4. The van der Waals surface area contributed by atoms with Gasteiger partial charge < -0.3 is 15.0 Å². The molecule has 1 amide bonds. The molecule has 0 atom stereocenters. The predicted octanol–water partition coefficient (Wildman–Crippen LogP) is 0.182. The number of aromatic nitrogens is 3. The van der Waals surface area contributed by atoms with Crippen molar-refractivity contribution in [2.24, 2.45) is 0 Å². The zero-order valence-corrected chi connectivity index (χ0v) is 10.6. The van der Waals surface area contributed by atoms with E-state index in [0.29, 0.717) is 11.9 Å². The third kappa shape index (κ3) is 2.92. The van der Waals surface area contributed by atoms with Gasteiger partial charge in [-0.2, -0.15) is 15.0 Å². The summed E-state index contributed by atoms with van der Waals surface area (Å²) in [6.07, 6.45) is -0.539. The van der Waals surface area contributed by atoms with Crippen LogP contribution in [0.1, 0.15) is 0 Å². The molecule has 0 aromatic carbocycles. The van der Waals surface area contributed by atoms with Crippen LogP contribution in [0.5, 0.6) is 0 Å². The number of hydrogen-bond acceptors (Lipinski definition) is 7. The van der Waals surface area contributed by atoms with Gasteiger partial charge in [-0.15, -0.1) is 0 Å². The summed E-state index contributed by atoms with van der Waals surface area (Å²) >= 11 is 0. The van der Waals surface area contributed by atoms with Crippen molar-refractivity contribution >= 4 is 23.9 Å². The van der Waals surface area contributed by atoms with E-state index in [1.807, 2.05) is 0 Å². The van der Waals surface area contributed by atoms with Gasteiger partial charge in [0.1, 0.15) is 0 Å². The molecule has 0 unspecified atom stereocenters. The van der Waals surface area contributed by atoms with E-state index in [2.05, 4.69) is 25.0 Å². The van der Waals surface area contributed by atoms with Crippen LogP contribution in [0, 0.1) is 0 Å². The second kappa shape index (κ2) is 5.28. The Labute approximate surface area is 99.6 Å². The van der Waals surface area contributed by atoms with E-state index in [4.69, 9.17) is 0 Å². The molecule has 0 aliphatic heterocycles. The fraction of sp³-hybridized carbons (Fsp3) is 0.556. The van der Waals surface area contributed by atoms with Gasteiger partial charge in [0, 0.05) is 28.2 Å². The van der Waals surface area contributed by atoms with E-state index in [0.717, 1.165) is 0 Å². The van der Waals surface area contributed by atoms with Gasteiger partial charge in [-0.25, -0.2) is 9.69 Å². The highest BCUT2D eigenvalue weighted by Gasteiger charge is 2.16. The van der Waals surface area contributed by atoms with E-state index in [-0.39, 0.29) is 5.95 Å². The molecule has 1 rings (SSSR count). The molecule has 1 aromatic heterocycles. The van der Waals surface area contributed by atoms with E-state index >= 15 is 0 Å².